The Bertz CT molecular complexity index is 373. The number of carboxylic acids is 1. The molecule has 0 aliphatic rings. The molecule has 0 amide bonds. The van der Waals surface area contributed by atoms with Gasteiger partial charge in [-0.1, -0.05) is 0 Å². The van der Waals surface area contributed by atoms with Crippen molar-refractivity contribution in [2.45, 2.75) is 12.7 Å². The number of hydrogen-bond donors (Lipinski definition) is 1. The molecule has 1 heterocycles. The number of hydrogen-bond acceptors (Lipinski definition) is 5. The van der Waals surface area contributed by atoms with Crippen molar-refractivity contribution < 1.29 is 19.4 Å². The summed E-state index contributed by atoms with van der Waals surface area (Å²) in [5.41, 5.74) is 0.756. The summed E-state index contributed by atoms with van der Waals surface area (Å²) in [6, 6.07) is 1.77. The van der Waals surface area contributed by atoms with Crippen LogP contribution in [0.1, 0.15) is 22.2 Å². The second kappa shape index (κ2) is 6.55. The van der Waals surface area contributed by atoms with Gasteiger partial charge in [0.15, 0.2) is 0 Å². The summed E-state index contributed by atoms with van der Waals surface area (Å²) in [5, 5.41) is 10.6. The predicted molar refractivity (Wildman–Crippen MR) is 64.1 cm³/mol. The number of ether oxygens (including phenoxy) is 1. The summed E-state index contributed by atoms with van der Waals surface area (Å²) in [5.74, 6) is -0.409. The molecule has 0 aliphatic heterocycles. The Morgan fingerprint density at radius 3 is 2.94 bits per heavy atom. The van der Waals surface area contributed by atoms with Gasteiger partial charge in [-0.3, -0.25) is 4.79 Å². The van der Waals surface area contributed by atoms with Crippen molar-refractivity contribution in [2.24, 2.45) is 0 Å². The molecule has 0 saturated heterocycles. The number of carboxylic acid groups (broad SMARTS) is 1. The van der Waals surface area contributed by atoms with Gasteiger partial charge in [-0.15, -0.1) is 23.1 Å². The largest absolute Gasteiger partial charge is 0.477 e. The molecule has 0 aliphatic carbocycles. The molecule has 0 unspecified atom stereocenters. The van der Waals surface area contributed by atoms with Crippen molar-refractivity contribution in [3.8, 4) is 0 Å². The molecule has 0 saturated carbocycles. The third-order valence-electron chi connectivity index (χ3n) is 1.72. The highest BCUT2D eigenvalue weighted by atomic mass is 32.2. The molecule has 1 rings (SSSR count). The smallest absolute Gasteiger partial charge is 0.346 e. The van der Waals surface area contributed by atoms with Crippen LogP contribution in [0.25, 0.3) is 0 Å². The Morgan fingerprint density at radius 1 is 1.56 bits per heavy atom. The topological polar surface area (TPSA) is 63.6 Å². The molecule has 1 aromatic heterocycles. The molecule has 0 spiro atoms. The number of carbonyl (C=O) groups is 2. The first-order valence-corrected chi connectivity index (χ1v) is 6.71. The van der Waals surface area contributed by atoms with Gasteiger partial charge < -0.3 is 9.84 Å². The Labute approximate surface area is 102 Å². The van der Waals surface area contributed by atoms with Gasteiger partial charge in [0.1, 0.15) is 4.88 Å². The molecule has 0 radical (unpaired) electrons. The molecule has 0 bridgehead atoms. The van der Waals surface area contributed by atoms with Crippen LogP contribution in [0.2, 0.25) is 0 Å². The summed E-state index contributed by atoms with van der Waals surface area (Å²) in [4.78, 5) is 22.2. The Hall–Kier alpha value is -1.01. The summed E-state index contributed by atoms with van der Waals surface area (Å²) >= 11 is 2.56. The molecular formula is C10H12O4S2. The van der Waals surface area contributed by atoms with Gasteiger partial charge in [-0.05, 0) is 23.9 Å². The van der Waals surface area contributed by atoms with Gasteiger partial charge in [0.2, 0.25) is 0 Å². The van der Waals surface area contributed by atoms with Crippen LogP contribution in [-0.4, -0.2) is 29.4 Å². The minimum atomic E-state index is -0.915. The van der Waals surface area contributed by atoms with Gasteiger partial charge in [0.05, 0.1) is 12.4 Å². The quantitative estimate of drug-likeness (QED) is 0.795. The molecule has 0 atom stereocenters. The maximum Gasteiger partial charge on any atom is 0.346 e. The number of thioether (sulfide) groups is 1. The fourth-order valence-electron chi connectivity index (χ4n) is 1.08. The zero-order valence-corrected chi connectivity index (χ0v) is 10.4. The van der Waals surface area contributed by atoms with E-state index in [2.05, 4.69) is 0 Å². The first-order valence-electron chi connectivity index (χ1n) is 4.68. The van der Waals surface area contributed by atoms with E-state index in [9.17, 15) is 9.59 Å². The maximum absolute atomic E-state index is 11.0. The van der Waals surface area contributed by atoms with Crippen molar-refractivity contribution in [3.63, 3.8) is 0 Å². The van der Waals surface area contributed by atoms with Gasteiger partial charge in [0.25, 0.3) is 0 Å². The normalized spacial score (nSPS) is 10.1. The zero-order valence-electron chi connectivity index (χ0n) is 8.76. The van der Waals surface area contributed by atoms with Crippen molar-refractivity contribution in [1.82, 2.24) is 0 Å². The van der Waals surface area contributed by atoms with Crippen LogP contribution in [0.5, 0.6) is 0 Å². The summed E-state index contributed by atoms with van der Waals surface area (Å²) < 4.78 is 4.77. The van der Waals surface area contributed by atoms with Crippen LogP contribution in [0, 0.1) is 0 Å². The molecule has 4 nitrogen and oxygen atoms in total. The van der Waals surface area contributed by atoms with Crippen LogP contribution < -0.4 is 0 Å². The van der Waals surface area contributed by atoms with E-state index >= 15 is 0 Å². The van der Waals surface area contributed by atoms with Crippen LogP contribution in [-0.2, 0) is 15.3 Å². The number of rotatable bonds is 6. The lowest BCUT2D eigenvalue weighted by Gasteiger charge is -2.01. The minimum absolute atomic E-state index is 0.253. The predicted octanol–water partition coefficient (Wildman–Crippen LogP) is 2.24. The molecule has 1 N–H and O–H groups in total. The number of carbonyl (C=O) groups excluding carboxylic acids is 1. The molecule has 1 aromatic rings. The van der Waals surface area contributed by atoms with Crippen molar-refractivity contribution in [3.05, 3.63) is 21.9 Å². The maximum atomic E-state index is 11.0. The van der Waals surface area contributed by atoms with E-state index in [0.29, 0.717) is 17.2 Å². The third kappa shape index (κ3) is 3.86. The monoisotopic (exact) mass is 260 g/mol. The Balaban J connectivity index is 2.40. The van der Waals surface area contributed by atoms with E-state index in [1.54, 1.807) is 18.4 Å². The van der Waals surface area contributed by atoms with E-state index < -0.39 is 5.97 Å². The highest BCUT2D eigenvalue weighted by Crippen LogP contribution is 2.21. The molecule has 88 valence electrons. The van der Waals surface area contributed by atoms with Crippen LogP contribution in [0.15, 0.2) is 11.4 Å². The molecule has 0 fully saturated rings. The second-order valence-corrected chi connectivity index (χ2v) is 4.78. The zero-order chi connectivity index (χ0) is 12.0. The average Bonchev–Trinajstić information content (AvgIpc) is 2.66. The Kier molecular flexibility index (Phi) is 5.34. The highest BCUT2D eigenvalue weighted by Gasteiger charge is 2.12. The van der Waals surface area contributed by atoms with E-state index in [-0.39, 0.29) is 11.7 Å². The van der Waals surface area contributed by atoms with Crippen molar-refractivity contribution in [2.75, 3.05) is 12.4 Å². The molecular weight excluding hydrogens is 248 g/mol. The van der Waals surface area contributed by atoms with Crippen LogP contribution in [0.4, 0.5) is 0 Å². The van der Waals surface area contributed by atoms with Gasteiger partial charge in [-0.25, -0.2) is 4.79 Å². The van der Waals surface area contributed by atoms with E-state index in [1.165, 1.54) is 23.1 Å². The lowest BCUT2D eigenvalue weighted by Crippen LogP contribution is -2.07. The minimum Gasteiger partial charge on any atom is -0.477 e. The van der Waals surface area contributed by atoms with Gasteiger partial charge >= 0.3 is 11.9 Å². The molecule has 6 heteroatoms. The SMILES string of the molecule is CCOC(=O)CSCc1ccsc1C(=O)O. The lowest BCUT2D eigenvalue weighted by molar-refractivity contribution is -0.139. The summed E-state index contributed by atoms with van der Waals surface area (Å²) in [7, 11) is 0. The van der Waals surface area contributed by atoms with Gasteiger partial charge in [0, 0.05) is 5.75 Å². The van der Waals surface area contributed by atoms with Crippen LogP contribution in [0.3, 0.4) is 0 Å². The molecule has 0 aromatic carbocycles. The standard InChI is InChI=1S/C10H12O4S2/c1-2-14-8(11)6-15-5-7-3-4-16-9(7)10(12)13/h3-4H,2,5-6H2,1H3,(H,12,13). The van der Waals surface area contributed by atoms with Crippen molar-refractivity contribution in [1.29, 1.82) is 0 Å². The average molecular weight is 260 g/mol. The fraction of sp³-hybridized carbons (Fsp3) is 0.400. The number of aromatic carboxylic acids is 1. The van der Waals surface area contributed by atoms with Gasteiger partial charge in [-0.2, -0.15) is 0 Å². The number of thiophene rings is 1. The van der Waals surface area contributed by atoms with E-state index in [0.717, 1.165) is 5.56 Å². The van der Waals surface area contributed by atoms with E-state index in [1.807, 2.05) is 0 Å². The van der Waals surface area contributed by atoms with Crippen LogP contribution >= 0.6 is 23.1 Å². The second-order valence-electron chi connectivity index (χ2n) is 2.88. The van der Waals surface area contributed by atoms with Crippen molar-refractivity contribution >= 4 is 35.0 Å². The highest BCUT2D eigenvalue weighted by molar-refractivity contribution is 7.99. The first kappa shape index (κ1) is 13.1. The number of esters is 1. The summed E-state index contributed by atoms with van der Waals surface area (Å²) in [6.07, 6.45) is 0. The fourth-order valence-corrected chi connectivity index (χ4v) is 2.75. The third-order valence-corrected chi connectivity index (χ3v) is 3.62. The Morgan fingerprint density at radius 2 is 2.31 bits per heavy atom. The lowest BCUT2D eigenvalue weighted by atomic mass is 10.3. The first-order chi connectivity index (χ1) is 7.65. The summed E-state index contributed by atoms with van der Waals surface area (Å²) in [6.45, 7) is 2.13. The van der Waals surface area contributed by atoms with E-state index in [4.69, 9.17) is 9.84 Å². The molecule has 16 heavy (non-hydrogen) atoms.